The van der Waals surface area contributed by atoms with E-state index < -0.39 is 10.0 Å². The Kier molecular flexibility index (Phi) is 7.34. The molecule has 3 fully saturated rings. The van der Waals surface area contributed by atoms with E-state index in [9.17, 15) is 18.0 Å². The first kappa shape index (κ1) is 28.8. The summed E-state index contributed by atoms with van der Waals surface area (Å²) in [5, 5.41) is 3.56. The van der Waals surface area contributed by atoms with Crippen molar-refractivity contribution in [3.05, 3.63) is 45.8 Å². The van der Waals surface area contributed by atoms with Gasteiger partial charge in [0.05, 0.1) is 23.7 Å². The number of carbonyl (C=O) groups is 2. The molecule has 1 aliphatic carbocycles. The molecule has 1 saturated carbocycles. The first-order valence-corrected chi connectivity index (χ1v) is 16.7. The van der Waals surface area contributed by atoms with Crippen molar-refractivity contribution < 1.29 is 22.7 Å². The number of morpholine rings is 1. The number of carbonyl (C=O) groups excluding carboxylic acids is 2. The van der Waals surface area contributed by atoms with E-state index in [0.29, 0.717) is 49.0 Å². The SMILES string of the molecule is CN1CCc2c(sc(NC(=O)c3ccc(S(=O)(=O)N4CC5(C)CC4CC(C)(C)C5)cc3)c2C(=O)N2CCOCC2)C1. The molecule has 2 saturated heterocycles. The molecule has 4 heterocycles. The first-order chi connectivity index (χ1) is 19.4. The van der Waals surface area contributed by atoms with Crippen LogP contribution in [0.25, 0.3) is 0 Å². The van der Waals surface area contributed by atoms with Crippen LogP contribution in [0.5, 0.6) is 0 Å². The number of sulfonamides is 1. The van der Waals surface area contributed by atoms with Crippen molar-refractivity contribution in [1.82, 2.24) is 14.1 Å². The fraction of sp³-hybridized carbons (Fsp3) is 0.600. The maximum Gasteiger partial charge on any atom is 0.257 e. The van der Waals surface area contributed by atoms with Gasteiger partial charge in [0.1, 0.15) is 5.00 Å². The number of thiophene rings is 1. The van der Waals surface area contributed by atoms with Crippen LogP contribution in [0.3, 0.4) is 0 Å². The normalized spacial score (nSPS) is 26.5. The van der Waals surface area contributed by atoms with E-state index in [0.717, 1.165) is 49.2 Å². The van der Waals surface area contributed by atoms with E-state index in [2.05, 4.69) is 38.0 Å². The zero-order valence-electron chi connectivity index (χ0n) is 24.4. The highest BCUT2D eigenvalue weighted by Crippen LogP contribution is 2.53. The highest BCUT2D eigenvalue weighted by molar-refractivity contribution is 7.89. The Labute approximate surface area is 246 Å². The first-order valence-electron chi connectivity index (χ1n) is 14.5. The van der Waals surface area contributed by atoms with Crippen LogP contribution >= 0.6 is 11.3 Å². The number of amides is 2. The minimum atomic E-state index is -3.68. The molecule has 2 bridgehead atoms. The number of likely N-dealkylation sites (N-methyl/N-ethyl adjacent to an activating group) is 1. The summed E-state index contributed by atoms with van der Waals surface area (Å²) in [4.78, 5) is 32.3. The van der Waals surface area contributed by atoms with Gasteiger partial charge in [-0.15, -0.1) is 11.3 Å². The average molecular weight is 601 g/mol. The monoisotopic (exact) mass is 600 g/mol. The van der Waals surface area contributed by atoms with Crippen LogP contribution in [0.1, 0.15) is 71.2 Å². The van der Waals surface area contributed by atoms with Crippen molar-refractivity contribution in [3.63, 3.8) is 0 Å². The van der Waals surface area contributed by atoms with E-state index in [1.807, 2.05) is 0 Å². The van der Waals surface area contributed by atoms with Gasteiger partial charge in [-0.1, -0.05) is 20.8 Å². The molecular weight excluding hydrogens is 560 g/mol. The quantitative estimate of drug-likeness (QED) is 0.556. The lowest BCUT2D eigenvalue weighted by molar-refractivity contribution is 0.0303. The third-order valence-corrected chi connectivity index (χ3v) is 12.1. The number of ether oxygens (including phenoxy) is 1. The van der Waals surface area contributed by atoms with E-state index >= 15 is 0 Å². The van der Waals surface area contributed by atoms with Crippen molar-refractivity contribution in [1.29, 1.82) is 0 Å². The smallest absolute Gasteiger partial charge is 0.257 e. The van der Waals surface area contributed by atoms with Crippen LogP contribution < -0.4 is 5.32 Å². The van der Waals surface area contributed by atoms with E-state index in [4.69, 9.17) is 4.74 Å². The molecule has 11 heteroatoms. The van der Waals surface area contributed by atoms with Gasteiger partial charge >= 0.3 is 0 Å². The van der Waals surface area contributed by atoms with E-state index in [1.54, 1.807) is 21.3 Å². The number of fused-ring (bicyclic) bond motifs is 3. The second kappa shape index (κ2) is 10.4. The highest BCUT2D eigenvalue weighted by atomic mass is 32.2. The number of nitrogens with zero attached hydrogens (tertiary/aromatic N) is 3. The number of benzene rings is 1. The molecule has 1 aromatic heterocycles. The maximum atomic E-state index is 13.7. The van der Waals surface area contributed by atoms with Crippen LogP contribution in [0, 0.1) is 10.8 Å². The molecule has 0 radical (unpaired) electrons. The Morgan fingerprint density at radius 2 is 1.76 bits per heavy atom. The summed E-state index contributed by atoms with van der Waals surface area (Å²) in [5.41, 5.74) is 2.07. The van der Waals surface area contributed by atoms with Crippen molar-refractivity contribution in [2.75, 3.05) is 51.8 Å². The summed E-state index contributed by atoms with van der Waals surface area (Å²) in [6.45, 7) is 10.8. The molecule has 6 rings (SSSR count). The molecular formula is C30H40N4O5S2. The molecule has 1 N–H and O–H groups in total. The van der Waals surface area contributed by atoms with Crippen molar-refractivity contribution >= 4 is 38.2 Å². The fourth-order valence-corrected chi connectivity index (χ4v) is 10.6. The third kappa shape index (κ3) is 5.47. The Balaban J connectivity index is 1.23. The van der Waals surface area contributed by atoms with Gasteiger partial charge in [-0.2, -0.15) is 4.31 Å². The lowest BCUT2D eigenvalue weighted by Gasteiger charge is -2.39. The second-order valence-corrected chi connectivity index (χ2v) is 16.3. The van der Waals surface area contributed by atoms with Gasteiger partial charge in [-0.3, -0.25) is 9.59 Å². The zero-order valence-corrected chi connectivity index (χ0v) is 26.0. The minimum absolute atomic E-state index is 0.00283. The van der Waals surface area contributed by atoms with Gasteiger partial charge in [0.15, 0.2) is 0 Å². The molecule has 1 aromatic carbocycles. The van der Waals surface area contributed by atoms with Crippen LogP contribution in [-0.2, 0) is 27.7 Å². The number of anilines is 1. The average Bonchev–Trinajstić information content (AvgIpc) is 3.40. The number of nitrogens with one attached hydrogen (secondary N) is 1. The largest absolute Gasteiger partial charge is 0.378 e. The molecule has 4 aliphatic rings. The van der Waals surface area contributed by atoms with Gasteiger partial charge in [-0.05, 0) is 73.4 Å². The van der Waals surface area contributed by atoms with Crippen molar-refractivity contribution in [2.45, 2.75) is 63.9 Å². The number of rotatable bonds is 5. The Bertz CT molecular complexity index is 1460. The minimum Gasteiger partial charge on any atom is -0.378 e. The fourth-order valence-electron chi connectivity index (χ4n) is 7.55. The Morgan fingerprint density at radius 1 is 1.05 bits per heavy atom. The van der Waals surface area contributed by atoms with Crippen LogP contribution in [0.4, 0.5) is 5.00 Å². The predicted octanol–water partition coefficient (Wildman–Crippen LogP) is 4.05. The third-order valence-electron chi connectivity index (χ3n) is 9.08. The molecule has 0 spiro atoms. The van der Waals surface area contributed by atoms with Gasteiger partial charge in [0, 0.05) is 49.2 Å². The lowest BCUT2D eigenvalue weighted by Crippen LogP contribution is -2.41. The molecule has 2 unspecified atom stereocenters. The molecule has 3 aliphatic heterocycles. The van der Waals surface area contributed by atoms with Gasteiger partial charge in [0.2, 0.25) is 10.0 Å². The summed E-state index contributed by atoms with van der Waals surface area (Å²) >= 11 is 1.46. The van der Waals surface area contributed by atoms with Gasteiger partial charge in [0.25, 0.3) is 11.8 Å². The summed E-state index contributed by atoms with van der Waals surface area (Å²) < 4.78 is 34.5. The molecule has 41 heavy (non-hydrogen) atoms. The molecule has 9 nitrogen and oxygen atoms in total. The summed E-state index contributed by atoms with van der Waals surface area (Å²) in [5.74, 6) is -0.428. The summed E-state index contributed by atoms with van der Waals surface area (Å²) in [6, 6.07) is 6.22. The van der Waals surface area contributed by atoms with Crippen LogP contribution in [-0.4, -0.2) is 86.8 Å². The number of hydrogen-bond donors (Lipinski definition) is 1. The standard InChI is InChI=1S/C30H40N4O5S2/c1-29(2)15-21-16-30(3,18-29)19-34(21)41(37,38)22-7-5-20(6-8-22)26(35)31-27-25(28(36)33-11-13-39-14-12-33)23-9-10-32(4)17-24(23)40-27/h5-8,21H,9-19H2,1-4H3,(H,31,35). The van der Waals surface area contributed by atoms with Gasteiger partial charge in [-0.25, -0.2) is 8.42 Å². The van der Waals surface area contributed by atoms with Crippen molar-refractivity contribution in [2.24, 2.45) is 10.8 Å². The van der Waals surface area contributed by atoms with Crippen LogP contribution in [0.2, 0.25) is 0 Å². The van der Waals surface area contributed by atoms with Crippen molar-refractivity contribution in [3.8, 4) is 0 Å². The van der Waals surface area contributed by atoms with E-state index in [1.165, 1.54) is 23.5 Å². The second-order valence-electron chi connectivity index (χ2n) is 13.3. The van der Waals surface area contributed by atoms with E-state index in [-0.39, 0.29) is 33.6 Å². The molecule has 2 atom stereocenters. The van der Waals surface area contributed by atoms with Crippen LogP contribution in [0.15, 0.2) is 29.2 Å². The molecule has 2 amide bonds. The highest BCUT2D eigenvalue weighted by Gasteiger charge is 2.53. The number of hydrogen-bond acceptors (Lipinski definition) is 7. The van der Waals surface area contributed by atoms with Gasteiger partial charge < -0.3 is 19.9 Å². The lowest BCUT2D eigenvalue weighted by atomic mass is 9.65. The Morgan fingerprint density at radius 3 is 2.46 bits per heavy atom. The zero-order chi connectivity index (χ0) is 29.2. The molecule has 2 aromatic rings. The molecule has 222 valence electrons. The summed E-state index contributed by atoms with van der Waals surface area (Å²) in [7, 11) is -1.63. The summed E-state index contributed by atoms with van der Waals surface area (Å²) in [6.07, 6.45) is 3.51. The topological polar surface area (TPSA) is 99.3 Å². The predicted molar refractivity (Wildman–Crippen MR) is 159 cm³/mol. The Hall–Kier alpha value is -2.31. The maximum absolute atomic E-state index is 13.7.